The number of hydrogen-bond acceptors (Lipinski definition) is 4. The van der Waals surface area contributed by atoms with Gasteiger partial charge < -0.3 is 10.2 Å². The fraction of sp³-hybridized carbons (Fsp3) is 0.385. The molecule has 4 nitrogen and oxygen atoms in total. The van der Waals surface area contributed by atoms with Crippen LogP contribution >= 0.6 is 22.0 Å². The molecule has 2 aromatic rings. The molecule has 1 atom stereocenters. The number of nitrogens with one attached hydrogen (secondary N) is 1. The fourth-order valence-electron chi connectivity index (χ4n) is 3.79. The third kappa shape index (κ3) is 11.0. The van der Waals surface area contributed by atoms with Crippen molar-refractivity contribution in [3.05, 3.63) is 64.0 Å². The maximum atomic E-state index is 12.9. The van der Waals surface area contributed by atoms with Crippen molar-refractivity contribution in [2.45, 2.75) is 36.6 Å². The number of amides is 1. The summed E-state index contributed by atoms with van der Waals surface area (Å²) in [6.45, 7) is 6.15. The number of carbonyl (C=O) groups excluding carboxylic acids is 2. The summed E-state index contributed by atoms with van der Waals surface area (Å²) in [7, 11) is -8.04. The van der Waals surface area contributed by atoms with Gasteiger partial charge in [-0.1, -0.05) is 45.4 Å². The minimum absolute atomic E-state index is 0.0000427. The number of Topliss-reactive ketones (excluding diaryl/α,β-unsaturated/α-hetero) is 1. The summed E-state index contributed by atoms with van der Waals surface area (Å²) >= 11 is -0.228. The molecule has 0 aromatic heterocycles. The lowest BCUT2D eigenvalue weighted by Crippen LogP contribution is -2.32. The molecule has 0 aliphatic heterocycles. The average molecular weight is 619 g/mol. The second-order valence-electron chi connectivity index (χ2n) is 9.26. The minimum Gasteiger partial charge on any atom is -0.380 e. The number of rotatable bonds is 13. The van der Waals surface area contributed by atoms with Crippen molar-refractivity contribution in [2.75, 3.05) is 25.9 Å². The van der Waals surface area contributed by atoms with Crippen molar-refractivity contribution in [3.8, 4) is 0 Å². The van der Waals surface area contributed by atoms with E-state index in [0.29, 0.717) is 29.8 Å². The van der Waals surface area contributed by atoms with E-state index in [9.17, 15) is 42.2 Å². The average Bonchev–Trinajstić information content (AvgIpc) is 2.83. The molecular weight excluding hydrogens is 588 g/mol. The van der Waals surface area contributed by atoms with Crippen molar-refractivity contribution in [3.63, 3.8) is 0 Å². The normalized spacial score (nSPS) is 15.2. The van der Waals surface area contributed by atoms with Gasteiger partial charge in [-0.15, -0.1) is 0 Å². The largest absolute Gasteiger partial charge is 0.441 e. The molecule has 0 aliphatic rings. The highest BCUT2D eigenvalue weighted by Crippen LogP contribution is 3.02. The summed E-state index contributed by atoms with van der Waals surface area (Å²) in [6, 6.07) is 6.63. The van der Waals surface area contributed by atoms with Gasteiger partial charge >= 0.3 is 15.7 Å². The van der Waals surface area contributed by atoms with Gasteiger partial charge in [0.1, 0.15) is 4.90 Å². The molecule has 1 N–H and O–H groups in total. The molecule has 224 valence electrons. The summed E-state index contributed by atoms with van der Waals surface area (Å²) in [4.78, 5) is 24.6. The maximum absolute atomic E-state index is 12.9. The van der Waals surface area contributed by atoms with Crippen molar-refractivity contribution >= 4 is 46.5 Å². The molecule has 0 saturated carbocycles. The van der Waals surface area contributed by atoms with Crippen molar-refractivity contribution in [1.29, 1.82) is 0 Å². The van der Waals surface area contributed by atoms with Crippen LogP contribution in [-0.2, 0) is 0 Å². The zero-order chi connectivity index (χ0) is 30.4. The highest BCUT2D eigenvalue weighted by atomic mass is 32.5. The van der Waals surface area contributed by atoms with E-state index in [1.54, 1.807) is 25.4 Å². The number of ketones is 1. The molecule has 0 heterocycles. The van der Waals surface area contributed by atoms with Gasteiger partial charge in [-0.3, -0.25) is 9.59 Å². The summed E-state index contributed by atoms with van der Waals surface area (Å²) in [5, 5.41) is 3.65. The Balaban J connectivity index is 2.00. The molecule has 40 heavy (non-hydrogen) atoms. The van der Waals surface area contributed by atoms with E-state index in [-0.39, 0.29) is 59.7 Å². The Morgan fingerprint density at radius 1 is 1.05 bits per heavy atom. The van der Waals surface area contributed by atoms with Crippen molar-refractivity contribution in [2.24, 2.45) is 5.92 Å². The molecule has 0 bridgehead atoms. The Labute approximate surface area is 231 Å². The SMILES string of the molecule is C=c1ccc(C(=O)NCCSC(F)(F)F)c/c1=C/N(C)CC(CC)CCC(=O)c1ccc(S(F)(F)(F)(F)F)cc1. The Hall–Kier alpha value is -2.74. The van der Waals surface area contributed by atoms with Gasteiger partial charge in [0.15, 0.2) is 5.78 Å². The molecule has 0 spiro atoms. The number of halogens is 8. The first kappa shape index (κ1) is 33.5. The molecular formula is C26H30F8N2O2S2. The lowest BCUT2D eigenvalue weighted by atomic mass is 9.96. The quantitative estimate of drug-likeness (QED) is 0.148. The second kappa shape index (κ2) is 12.0. The standard InChI is InChI=1S/C26H30F8N2O2S2/c1-4-19(6-12-24(37)20-8-10-23(11-9-20)40(30,31,32,33)34)16-36(3)17-22-15-21(7-5-18(22)2)25(38)35-13-14-39-26(27,28)29/h5,7-11,15,17,19H,2,4,6,12-14,16H2,1,3H3,(H,35,38)/b22-17-. The topological polar surface area (TPSA) is 49.4 Å². The number of alkyl halides is 3. The van der Waals surface area contributed by atoms with Crippen LogP contribution in [0.4, 0.5) is 32.6 Å². The number of benzene rings is 2. The van der Waals surface area contributed by atoms with Crippen molar-refractivity contribution < 1.29 is 42.2 Å². The maximum Gasteiger partial charge on any atom is 0.441 e. The number of hydrogen-bond donors (Lipinski definition) is 1. The lowest BCUT2D eigenvalue weighted by molar-refractivity contribution is -0.0327. The van der Waals surface area contributed by atoms with E-state index in [2.05, 4.69) is 11.9 Å². The van der Waals surface area contributed by atoms with E-state index < -0.39 is 32.3 Å². The Bertz CT molecular complexity index is 1320. The van der Waals surface area contributed by atoms with Gasteiger partial charge in [-0.25, -0.2) is 0 Å². The van der Waals surface area contributed by atoms with Crippen molar-refractivity contribution in [1.82, 2.24) is 10.2 Å². The van der Waals surface area contributed by atoms with Gasteiger partial charge in [0.05, 0.1) is 0 Å². The molecule has 0 aliphatic carbocycles. The van der Waals surface area contributed by atoms with Gasteiger partial charge in [-0.05, 0) is 70.9 Å². The monoisotopic (exact) mass is 618 g/mol. The number of nitrogens with zero attached hydrogens (tertiary/aromatic N) is 1. The van der Waals surface area contributed by atoms with Crippen LogP contribution in [0.15, 0.2) is 47.4 Å². The molecule has 1 unspecified atom stereocenters. The third-order valence-electron chi connectivity index (χ3n) is 5.95. The molecule has 2 aromatic carbocycles. The van der Waals surface area contributed by atoms with E-state index >= 15 is 0 Å². The molecule has 14 heteroatoms. The van der Waals surface area contributed by atoms with Crippen LogP contribution in [0.3, 0.4) is 0 Å². The smallest absolute Gasteiger partial charge is 0.380 e. The molecule has 0 radical (unpaired) electrons. The van der Waals surface area contributed by atoms with Crippen LogP contribution < -0.4 is 15.8 Å². The van der Waals surface area contributed by atoms with E-state index in [1.165, 1.54) is 6.07 Å². The zero-order valence-corrected chi connectivity index (χ0v) is 23.4. The second-order valence-corrected chi connectivity index (χ2v) is 12.8. The number of thioether (sulfide) groups is 1. The lowest BCUT2D eigenvalue weighted by Gasteiger charge is -2.40. The Morgan fingerprint density at radius 3 is 2.20 bits per heavy atom. The van der Waals surface area contributed by atoms with Crippen LogP contribution in [0.1, 0.15) is 46.9 Å². The molecule has 2 rings (SSSR count). The van der Waals surface area contributed by atoms with E-state index in [4.69, 9.17) is 0 Å². The van der Waals surface area contributed by atoms with Crippen LogP contribution in [0.5, 0.6) is 0 Å². The summed E-state index contributed by atoms with van der Waals surface area (Å²) in [5.41, 5.74) is -4.22. The Morgan fingerprint density at radius 2 is 1.65 bits per heavy atom. The molecule has 0 saturated heterocycles. The zero-order valence-electron chi connectivity index (χ0n) is 21.7. The predicted molar refractivity (Wildman–Crippen MR) is 144 cm³/mol. The summed E-state index contributed by atoms with van der Waals surface area (Å²) in [6.07, 6.45) is 2.81. The highest BCUT2D eigenvalue weighted by Gasteiger charge is 2.65. The number of carbonyl (C=O) groups is 2. The van der Waals surface area contributed by atoms with Crippen LogP contribution in [0.2, 0.25) is 0 Å². The van der Waals surface area contributed by atoms with Crippen LogP contribution in [0, 0.1) is 5.92 Å². The first-order valence-corrected chi connectivity index (χ1v) is 15.0. The van der Waals surface area contributed by atoms with Gasteiger partial charge in [-0.2, -0.15) is 13.2 Å². The van der Waals surface area contributed by atoms with E-state index in [1.807, 2.05) is 11.8 Å². The fourth-order valence-corrected chi connectivity index (χ4v) is 4.88. The molecule has 0 fully saturated rings. The van der Waals surface area contributed by atoms with Crippen LogP contribution in [-0.4, -0.2) is 48.0 Å². The van der Waals surface area contributed by atoms with Gasteiger partial charge in [0.25, 0.3) is 5.91 Å². The third-order valence-corrected chi connectivity index (χ3v) is 7.84. The highest BCUT2D eigenvalue weighted by molar-refractivity contribution is 8.45. The molecule has 1 amide bonds. The van der Waals surface area contributed by atoms with Gasteiger partial charge in [0, 0.05) is 49.6 Å². The van der Waals surface area contributed by atoms with Crippen LogP contribution in [0.25, 0.3) is 12.8 Å². The minimum atomic E-state index is -9.81. The summed E-state index contributed by atoms with van der Waals surface area (Å²) in [5.74, 6) is -1.31. The predicted octanol–water partition coefficient (Wildman–Crippen LogP) is 7.10. The van der Waals surface area contributed by atoms with E-state index in [0.717, 1.165) is 12.1 Å². The Kier molecular flexibility index (Phi) is 10.1. The first-order chi connectivity index (χ1) is 18.2. The summed E-state index contributed by atoms with van der Waals surface area (Å²) < 4.78 is 101. The van der Waals surface area contributed by atoms with Gasteiger partial charge in [0.2, 0.25) is 0 Å². The first-order valence-electron chi connectivity index (χ1n) is 12.1.